The van der Waals surface area contributed by atoms with Crippen LogP contribution in [0.3, 0.4) is 0 Å². The molecule has 0 aromatic carbocycles. The number of hydrogen-bond donors (Lipinski definition) is 2. The molecule has 0 aromatic rings. The molecule has 0 fully saturated rings. The second kappa shape index (κ2) is 15.2. The van der Waals surface area contributed by atoms with E-state index in [2.05, 4.69) is 6.92 Å². The molecule has 5 heteroatoms. The molecule has 0 aliphatic heterocycles. The van der Waals surface area contributed by atoms with Gasteiger partial charge in [0.25, 0.3) is 10.1 Å². The van der Waals surface area contributed by atoms with Gasteiger partial charge >= 0.3 is 0 Å². The van der Waals surface area contributed by atoms with Crippen LogP contribution >= 0.6 is 0 Å². The minimum Gasteiger partial charge on any atom is -0.393 e. The summed E-state index contributed by atoms with van der Waals surface area (Å²) in [4.78, 5) is 0. The lowest BCUT2D eigenvalue weighted by Gasteiger charge is -2.11. The van der Waals surface area contributed by atoms with E-state index in [9.17, 15) is 13.5 Å². The largest absolute Gasteiger partial charge is 0.393 e. The molecule has 2 atom stereocenters. The number of rotatable bonds is 17. The van der Waals surface area contributed by atoms with Crippen LogP contribution in [-0.2, 0) is 10.1 Å². The van der Waals surface area contributed by atoms with Crippen molar-refractivity contribution in [2.24, 2.45) is 0 Å². The fraction of sp³-hybridized carbons (Fsp3) is 1.00. The van der Waals surface area contributed by atoms with Crippen LogP contribution < -0.4 is 0 Å². The molecule has 0 heterocycles. The van der Waals surface area contributed by atoms with Crippen molar-refractivity contribution in [1.82, 2.24) is 0 Å². The maximum atomic E-state index is 11.1. The van der Waals surface area contributed by atoms with Gasteiger partial charge in [-0.3, -0.25) is 4.55 Å². The first-order chi connectivity index (χ1) is 11.4. The fourth-order valence-corrected chi connectivity index (χ4v) is 4.04. The van der Waals surface area contributed by atoms with Gasteiger partial charge in [0.05, 0.1) is 11.4 Å². The summed E-state index contributed by atoms with van der Waals surface area (Å²) in [5.74, 6) is 0. The molecule has 0 aliphatic rings. The van der Waals surface area contributed by atoms with Gasteiger partial charge in [0, 0.05) is 0 Å². The van der Waals surface area contributed by atoms with Crippen molar-refractivity contribution in [2.75, 3.05) is 0 Å². The second-order valence-corrected chi connectivity index (χ2v) is 8.80. The molecule has 0 saturated heterocycles. The first-order valence-corrected chi connectivity index (χ1v) is 11.6. The van der Waals surface area contributed by atoms with Crippen molar-refractivity contribution in [3.8, 4) is 0 Å². The van der Waals surface area contributed by atoms with Gasteiger partial charge in [-0.15, -0.1) is 0 Å². The highest BCUT2D eigenvalue weighted by molar-refractivity contribution is 7.86. The van der Waals surface area contributed by atoms with Crippen LogP contribution in [0.5, 0.6) is 0 Å². The van der Waals surface area contributed by atoms with Gasteiger partial charge < -0.3 is 5.11 Å². The van der Waals surface area contributed by atoms with Gasteiger partial charge in [0.15, 0.2) is 0 Å². The number of aliphatic hydroxyl groups is 1. The minimum absolute atomic E-state index is 0.133. The van der Waals surface area contributed by atoms with Crippen LogP contribution in [0.25, 0.3) is 0 Å². The monoisotopic (exact) mass is 364 g/mol. The molecule has 24 heavy (non-hydrogen) atoms. The molecule has 0 aromatic heterocycles. The Morgan fingerprint density at radius 2 is 1.12 bits per heavy atom. The molecule has 2 N–H and O–H groups in total. The van der Waals surface area contributed by atoms with E-state index >= 15 is 0 Å². The third-order valence-corrected chi connectivity index (χ3v) is 6.24. The van der Waals surface area contributed by atoms with E-state index in [-0.39, 0.29) is 6.10 Å². The topological polar surface area (TPSA) is 74.6 Å². The van der Waals surface area contributed by atoms with E-state index in [1.54, 1.807) is 6.92 Å². The Morgan fingerprint density at radius 1 is 0.708 bits per heavy atom. The Labute approximate surface area is 150 Å². The average Bonchev–Trinajstić information content (AvgIpc) is 2.52. The van der Waals surface area contributed by atoms with Crippen LogP contribution in [0, 0.1) is 0 Å². The third kappa shape index (κ3) is 14.2. The molecular formula is C19H40O4S. The maximum absolute atomic E-state index is 11.1. The smallest absolute Gasteiger partial charge is 0.267 e. The van der Waals surface area contributed by atoms with Crippen LogP contribution in [0.4, 0.5) is 0 Å². The molecule has 146 valence electrons. The lowest BCUT2D eigenvalue weighted by Crippen LogP contribution is -2.19. The highest BCUT2D eigenvalue weighted by Gasteiger charge is 2.19. The molecule has 0 amide bonds. The zero-order chi connectivity index (χ0) is 18.3. The Hall–Kier alpha value is -0.130. The summed E-state index contributed by atoms with van der Waals surface area (Å²) in [5, 5.41) is 9.34. The first kappa shape index (κ1) is 23.9. The molecule has 0 saturated carbocycles. The normalized spacial score (nSPS) is 14.7. The summed E-state index contributed by atoms with van der Waals surface area (Å²) in [7, 11) is -3.87. The summed E-state index contributed by atoms with van der Waals surface area (Å²) >= 11 is 0. The highest BCUT2D eigenvalue weighted by atomic mass is 32.2. The summed E-state index contributed by atoms with van der Waals surface area (Å²) < 4.78 is 31.2. The quantitative estimate of drug-likeness (QED) is 0.264. The van der Waals surface area contributed by atoms with E-state index in [1.165, 1.54) is 25.7 Å². The van der Waals surface area contributed by atoms with Crippen LogP contribution in [0.1, 0.15) is 110 Å². The molecule has 0 bridgehead atoms. The lowest BCUT2D eigenvalue weighted by atomic mass is 10.0. The molecule has 0 radical (unpaired) electrons. The molecule has 0 spiro atoms. The van der Waals surface area contributed by atoms with Gasteiger partial charge in [-0.1, -0.05) is 84.5 Å². The van der Waals surface area contributed by atoms with Gasteiger partial charge in [-0.2, -0.15) is 8.42 Å². The van der Waals surface area contributed by atoms with Crippen molar-refractivity contribution in [2.45, 2.75) is 122 Å². The van der Waals surface area contributed by atoms with Gasteiger partial charge in [0.2, 0.25) is 0 Å². The third-order valence-electron chi connectivity index (χ3n) is 4.83. The maximum Gasteiger partial charge on any atom is 0.267 e. The average molecular weight is 365 g/mol. The molecular weight excluding hydrogens is 324 g/mol. The first-order valence-electron chi connectivity index (χ1n) is 10.1. The summed E-state index contributed by atoms with van der Waals surface area (Å²) in [6, 6.07) is 0. The van der Waals surface area contributed by atoms with Crippen molar-refractivity contribution >= 4 is 10.1 Å². The van der Waals surface area contributed by atoms with E-state index in [4.69, 9.17) is 4.55 Å². The standard InChI is InChI=1S/C19H40O4S/c1-3-5-6-9-12-15-18(20)16-13-10-7-8-11-14-17-19(4-2)24(21,22)23/h18-20H,3-17H2,1-2H3,(H,21,22,23). The molecule has 4 nitrogen and oxygen atoms in total. The highest BCUT2D eigenvalue weighted by Crippen LogP contribution is 2.16. The summed E-state index contributed by atoms with van der Waals surface area (Å²) in [6.45, 7) is 4.01. The number of unbranched alkanes of at least 4 members (excludes halogenated alkanes) is 9. The van der Waals surface area contributed by atoms with Gasteiger partial charge in [-0.25, -0.2) is 0 Å². The molecule has 0 aliphatic carbocycles. The van der Waals surface area contributed by atoms with Crippen molar-refractivity contribution in [3.05, 3.63) is 0 Å². The van der Waals surface area contributed by atoms with Crippen molar-refractivity contribution < 1.29 is 18.1 Å². The summed E-state index contributed by atoms with van der Waals surface area (Å²) in [5.41, 5.74) is 0. The van der Waals surface area contributed by atoms with E-state index in [0.29, 0.717) is 12.8 Å². The van der Waals surface area contributed by atoms with Crippen LogP contribution in [-0.4, -0.2) is 29.4 Å². The molecule has 2 unspecified atom stereocenters. The van der Waals surface area contributed by atoms with Crippen molar-refractivity contribution in [1.29, 1.82) is 0 Å². The van der Waals surface area contributed by atoms with Crippen LogP contribution in [0.2, 0.25) is 0 Å². The van der Waals surface area contributed by atoms with Crippen LogP contribution in [0.15, 0.2) is 0 Å². The fourth-order valence-electron chi connectivity index (χ4n) is 3.15. The molecule has 0 rings (SSSR count). The Morgan fingerprint density at radius 3 is 1.54 bits per heavy atom. The number of hydrogen-bond acceptors (Lipinski definition) is 3. The summed E-state index contributed by atoms with van der Waals surface area (Å²) in [6.07, 6.45) is 15.4. The predicted octanol–water partition coefficient (Wildman–Crippen LogP) is 5.50. The van der Waals surface area contributed by atoms with Crippen molar-refractivity contribution in [3.63, 3.8) is 0 Å². The second-order valence-electron chi connectivity index (χ2n) is 7.10. The Kier molecular flexibility index (Phi) is 15.1. The van der Waals surface area contributed by atoms with E-state index < -0.39 is 15.4 Å². The van der Waals surface area contributed by atoms with E-state index in [1.807, 2.05) is 0 Å². The van der Waals surface area contributed by atoms with Gasteiger partial charge in [-0.05, 0) is 25.7 Å². The Balaban J connectivity index is 3.41. The zero-order valence-corrected chi connectivity index (χ0v) is 16.7. The Bertz CT molecular complexity index is 368. The number of aliphatic hydroxyl groups excluding tert-OH is 1. The lowest BCUT2D eigenvalue weighted by molar-refractivity contribution is 0.147. The zero-order valence-electron chi connectivity index (χ0n) is 15.9. The predicted molar refractivity (Wildman–Crippen MR) is 102 cm³/mol. The van der Waals surface area contributed by atoms with E-state index in [0.717, 1.165) is 57.8 Å². The SMILES string of the molecule is CCCCCCCC(O)CCCCCCCCC(CC)S(=O)(=O)O. The minimum atomic E-state index is -3.87. The van der Waals surface area contributed by atoms with Gasteiger partial charge in [0.1, 0.15) is 0 Å².